The first-order chi connectivity index (χ1) is 10.9. The highest BCUT2D eigenvalue weighted by molar-refractivity contribution is 5.81. The number of rotatable bonds is 5. The summed E-state index contributed by atoms with van der Waals surface area (Å²) < 4.78 is 9.81. The topological polar surface area (TPSA) is 76.1 Å². The lowest BCUT2D eigenvalue weighted by atomic mass is 9.90. The van der Waals surface area contributed by atoms with Crippen LogP contribution in [-0.2, 0) is 20.7 Å². The molecule has 0 spiro atoms. The van der Waals surface area contributed by atoms with Crippen molar-refractivity contribution in [1.29, 1.82) is 0 Å². The number of nitrogens with zero attached hydrogens (tertiary/aromatic N) is 1. The second-order valence-electron chi connectivity index (χ2n) is 6.12. The highest BCUT2D eigenvalue weighted by Crippen LogP contribution is 2.32. The Hall–Kier alpha value is -2.24. The second kappa shape index (κ2) is 6.89. The number of methoxy groups -OCH3 is 2. The minimum atomic E-state index is -0.608. The number of aryl methyl sites for hydroxylation is 1. The van der Waals surface area contributed by atoms with Crippen LogP contribution < -0.4 is 4.74 Å². The minimum absolute atomic E-state index is 0.00735. The fourth-order valence-electron chi connectivity index (χ4n) is 2.89. The number of esters is 1. The molecule has 1 atom stereocenters. The Bertz CT molecular complexity index is 601. The average Bonchev–Trinajstić information content (AvgIpc) is 2.95. The van der Waals surface area contributed by atoms with Crippen LogP contribution in [0.15, 0.2) is 18.2 Å². The molecule has 1 heterocycles. The van der Waals surface area contributed by atoms with E-state index in [4.69, 9.17) is 9.47 Å². The van der Waals surface area contributed by atoms with E-state index < -0.39 is 5.41 Å². The molecule has 1 N–H and O–H groups in total. The quantitative estimate of drug-likeness (QED) is 0.836. The predicted octanol–water partition coefficient (Wildman–Crippen LogP) is 1.74. The summed E-state index contributed by atoms with van der Waals surface area (Å²) >= 11 is 0. The normalized spacial score (nSPS) is 20.4. The molecule has 1 fully saturated rings. The lowest BCUT2D eigenvalue weighted by Crippen LogP contribution is -2.35. The van der Waals surface area contributed by atoms with Crippen LogP contribution in [0.5, 0.6) is 11.5 Å². The molecule has 1 amide bonds. The Kier molecular flexibility index (Phi) is 5.13. The van der Waals surface area contributed by atoms with Gasteiger partial charge in [-0.25, -0.2) is 0 Å². The van der Waals surface area contributed by atoms with Gasteiger partial charge in [-0.1, -0.05) is 6.07 Å². The molecule has 0 aliphatic carbocycles. The lowest BCUT2D eigenvalue weighted by Gasteiger charge is -2.21. The maximum absolute atomic E-state index is 12.3. The van der Waals surface area contributed by atoms with Crippen molar-refractivity contribution in [2.75, 3.05) is 27.3 Å². The van der Waals surface area contributed by atoms with Gasteiger partial charge >= 0.3 is 5.97 Å². The van der Waals surface area contributed by atoms with Gasteiger partial charge in [0.05, 0.1) is 19.6 Å². The van der Waals surface area contributed by atoms with Crippen LogP contribution in [0.2, 0.25) is 0 Å². The molecular formula is C17H23NO5. The van der Waals surface area contributed by atoms with Gasteiger partial charge in [0, 0.05) is 19.5 Å². The highest BCUT2D eigenvalue weighted by Gasteiger charge is 2.42. The molecule has 0 aromatic heterocycles. The number of phenols is 1. The minimum Gasteiger partial charge on any atom is -0.504 e. The average molecular weight is 321 g/mol. The van der Waals surface area contributed by atoms with Gasteiger partial charge in [0.15, 0.2) is 11.5 Å². The summed E-state index contributed by atoms with van der Waals surface area (Å²) in [6.07, 6.45) is 1.49. The molecule has 1 aromatic rings. The summed E-state index contributed by atoms with van der Waals surface area (Å²) in [5.41, 5.74) is 0.259. The van der Waals surface area contributed by atoms with E-state index in [0.717, 1.165) is 5.56 Å². The van der Waals surface area contributed by atoms with Crippen LogP contribution >= 0.6 is 0 Å². The number of hydrogen-bond donors (Lipinski definition) is 1. The summed E-state index contributed by atoms with van der Waals surface area (Å²) in [7, 11) is 2.86. The molecule has 1 aliphatic heterocycles. The van der Waals surface area contributed by atoms with Gasteiger partial charge < -0.3 is 19.5 Å². The zero-order valence-corrected chi connectivity index (χ0v) is 13.8. The van der Waals surface area contributed by atoms with Gasteiger partial charge in [-0.05, 0) is 37.5 Å². The lowest BCUT2D eigenvalue weighted by molar-refractivity contribution is -0.151. The summed E-state index contributed by atoms with van der Waals surface area (Å²) in [4.78, 5) is 25.8. The van der Waals surface area contributed by atoms with Crippen molar-refractivity contribution in [3.63, 3.8) is 0 Å². The Labute approximate surface area is 136 Å². The molecule has 2 rings (SSSR count). The van der Waals surface area contributed by atoms with Crippen molar-refractivity contribution in [2.45, 2.75) is 26.2 Å². The predicted molar refractivity (Wildman–Crippen MR) is 84.3 cm³/mol. The zero-order valence-electron chi connectivity index (χ0n) is 13.8. The van der Waals surface area contributed by atoms with E-state index in [-0.39, 0.29) is 17.6 Å². The zero-order chi connectivity index (χ0) is 17.0. The molecule has 1 unspecified atom stereocenters. The van der Waals surface area contributed by atoms with Crippen molar-refractivity contribution in [2.24, 2.45) is 5.41 Å². The standard InChI is InChI=1S/C17H23NO5/c1-17(16(21)23-3)8-9-18(11-17)15(20)7-5-12-4-6-14(22-2)13(19)10-12/h4,6,10,19H,5,7-9,11H2,1-3H3. The molecule has 6 nitrogen and oxygen atoms in total. The van der Waals surface area contributed by atoms with E-state index in [1.807, 2.05) is 13.0 Å². The number of hydrogen-bond acceptors (Lipinski definition) is 5. The molecule has 6 heteroatoms. The van der Waals surface area contributed by atoms with Crippen molar-refractivity contribution in [3.05, 3.63) is 23.8 Å². The Morgan fingerprint density at radius 1 is 1.35 bits per heavy atom. The number of phenolic OH excluding ortho intramolecular Hbond substituents is 1. The van der Waals surface area contributed by atoms with Crippen LogP contribution in [0, 0.1) is 5.41 Å². The third-order valence-corrected chi connectivity index (χ3v) is 4.38. The first-order valence-corrected chi connectivity index (χ1v) is 7.61. The van der Waals surface area contributed by atoms with Gasteiger partial charge in [-0.2, -0.15) is 0 Å². The van der Waals surface area contributed by atoms with Crippen LogP contribution in [0.4, 0.5) is 0 Å². The number of aromatic hydroxyl groups is 1. The molecule has 0 radical (unpaired) electrons. The van der Waals surface area contributed by atoms with E-state index in [1.165, 1.54) is 14.2 Å². The number of likely N-dealkylation sites (tertiary alicyclic amines) is 1. The van der Waals surface area contributed by atoms with Crippen LogP contribution in [0.3, 0.4) is 0 Å². The molecule has 23 heavy (non-hydrogen) atoms. The summed E-state index contributed by atoms with van der Waals surface area (Å²) in [6, 6.07) is 5.11. The van der Waals surface area contributed by atoms with Gasteiger partial charge in [0.1, 0.15) is 0 Å². The smallest absolute Gasteiger partial charge is 0.313 e. The van der Waals surface area contributed by atoms with Gasteiger partial charge in [0.2, 0.25) is 5.91 Å². The number of carbonyl (C=O) groups excluding carboxylic acids is 2. The summed E-state index contributed by atoms with van der Waals surface area (Å²) in [5.74, 6) is 0.214. The summed E-state index contributed by atoms with van der Waals surface area (Å²) in [6.45, 7) is 2.79. The van der Waals surface area contributed by atoms with Gasteiger partial charge in [-0.3, -0.25) is 9.59 Å². The third kappa shape index (κ3) is 3.75. The van der Waals surface area contributed by atoms with Crippen molar-refractivity contribution < 1.29 is 24.2 Å². The number of ether oxygens (including phenoxy) is 2. The first-order valence-electron chi connectivity index (χ1n) is 7.61. The Morgan fingerprint density at radius 2 is 2.09 bits per heavy atom. The van der Waals surface area contributed by atoms with Crippen LogP contribution in [0.1, 0.15) is 25.3 Å². The summed E-state index contributed by atoms with van der Waals surface area (Å²) in [5, 5.41) is 9.75. The molecule has 1 aromatic carbocycles. The first kappa shape index (κ1) is 17.1. The van der Waals surface area contributed by atoms with Crippen molar-refractivity contribution in [1.82, 2.24) is 4.90 Å². The van der Waals surface area contributed by atoms with E-state index in [0.29, 0.717) is 38.1 Å². The molecule has 126 valence electrons. The monoisotopic (exact) mass is 321 g/mol. The van der Waals surface area contributed by atoms with Gasteiger partial charge in [-0.15, -0.1) is 0 Å². The molecule has 1 saturated heterocycles. The fourth-order valence-corrected chi connectivity index (χ4v) is 2.89. The van der Waals surface area contributed by atoms with Gasteiger partial charge in [0.25, 0.3) is 0 Å². The maximum Gasteiger partial charge on any atom is 0.313 e. The molecule has 0 bridgehead atoms. The van der Waals surface area contributed by atoms with Crippen molar-refractivity contribution >= 4 is 11.9 Å². The second-order valence-corrected chi connectivity index (χ2v) is 6.12. The van der Waals surface area contributed by atoms with E-state index >= 15 is 0 Å². The van der Waals surface area contributed by atoms with Crippen molar-refractivity contribution in [3.8, 4) is 11.5 Å². The number of amides is 1. The fraction of sp³-hybridized carbons (Fsp3) is 0.529. The van der Waals surface area contributed by atoms with Crippen LogP contribution in [0.25, 0.3) is 0 Å². The third-order valence-electron chi connectivity index (χ3n) is 4.38. The Balaban J connectivity index is 1.91. The number of benzene rings is 1. The largest absolute Gasteiger partial charge is 0.504 e. The molecular weight excluding hydrogens is 298 g/mol. The van der Waals surface area contributed by atoms with E-state index in [2.05, 4.69) is 0 Å². The Morgan fingerprint density at radius 3 is 2.70 bits per heavy atom. The SMILES string of the molecule is COC(=O)C1(C)CCN(C(=O)CCc2ccc(OC)c(O)c2)C1. The molecule has 1 aliphatic rings. The van der Waals surface area contributed by atoms with E-state index in [1.54, 1.807) is 17.0 Å². The molecule has 0 saturated carbocycles. The highest BCUT2D eigenvalue weighted by atomic mass is 16.5. The van der Waals surface area contributed by atoms with Crippen LogP contribution in [-0.4, -0.2) is 49.2 Å². The van der Waals surface area contributed by atoms with E-state index in [9.17, 15) is 14.7 Å². The number of carbonyl (C=O) groups is 2. The maximum atomic E-state index is 12.3.